The number of ether oxygens (including phenoxy) is 2. The van der Waals surface area contributed by atoms with Gasteiger partial charge in [-0.05, 0) is 50.0 Å². The van der Waals surface area contributed by atoms with Gasteiger partial charge in [-0.2, -0.15) is 0 Å². The Bertz CT molecular complexity index is 270. The minimum Gasteiger partial charge on any atom is -0.350 e. The summed E-state index contributed by atoms with van der Waals surface area (Å²) < 4.78 is 11.1. The van der Waals surface area contributed by atoms with E-state index in [0.717, 1.165) is 6.42 Å². The Morgan fingerprint density at radius 2 is 1.62 bits per heavy atom. The molecule has 0 heterocycles. The van der Waals surface area contributed by atoms with Crippen molar-refractivity contribution in [3.8, 4) is 0 Å². The third kappa shape index (κ3) is 2.05. The normalized spacial score (nSPS) is 24.8. The molecule has 2 nitrogen and oxygen atoms in total. The van der Waals surface area contributed by atoms with Crippen LogP contribution in [0.5, 0.6) is 0 Å². The molecule has 1 fully saturated rings. The molecule has 0 aliphatic heterocycles. The Morgan fingerprint density at radius 1 is 1.06 bits per heavy atom. The van der Waals surface area contributed by atoms with Crippen molar-refractivity contribution in [3.05, 3.63) is 11.6 Å². The van der Waals surface area contributed by atoms with E-state index in [9.17, 15) is 0 Å². The lowest BCUT2D eigenvalue weighted by molar-refractivity contribution is -0.167. The number of rotatable bonds is 3. The van der Waals surface area contributed by atoms with Crippen LogP contribution in [0.25, 0.3) is 0 Å². The smallest absolute Gasteiger partial charge is 0.187 e. The van der Waals surface area contributed by atoms with Crippen molar-refractivity contribution >= 4 is 0 Å². The molecule has 2 aliphatic carbocycles. The van der Waals surface area contributed by atoms with E-state index in [0.29, 0.717) is 5.41 Å². The molecule has 0 aromatic rings. The van der Waals surface area contributed by atoms with Crippen LogP contribution >= 0.6 is 0 Å². The summed E-state index contributed by atoms with van der Waals surface area (Å²) >= 11 is 0. The van der Waals surface area contributed by atoms with Gasteiger partial charge >= 0.3 is 0 Å². The average molecular weight is 224 g/mol. The van der Waals surface area contributed by atoms with Crippen LogP contribution in [0.2, 0.25) is 0 Å². The zero-order valence-electron chi connectivity index (χ0n) is 10.8. The van der Waals surface area contributed by atoms with Crippen LogP contribution in [0, 0.1) is 5.41 Å². The maximum absolute atomic E-state index is 5.54. The van der Waals surface area contributed by atoms with E-state index in [-0.39, 0.29) is 0 Å². The first-order valence-corrected chi connectivity index (χ1v) is 6.47. The summed E-state index contributed by atoms with van der Waals surface area (Å²) in [7, 11) is 3.47. The van der Waals surface area contributed by atoms with Gasteiger partial charge in [-0.3, -0.25) is 0 Å². The molecular weight excluding hydrogens is 200 g/mol. The molecule has 0 aromatic heterocycles. The molecule has 1 saturated carbocycles. The van der Waals surface area contributed by atoms with Crippen LogP contribution in [0.3, 0.4) is 0 Å². The van der Waals surface area contributed by atoms with Gasteiger partial charge in [0.2, 0.25) is 0 Å². The van der Waals surface area contributed by atoms with Gasteiger partial charge in [-0.15, -0.1) is 0 Å². The van der Waals surface area contributed by atoms with E-state index in [1.807, 2.05) is 6.92 Å². The zero-order valence-corrected chi connectivity index (χ0v) is 10.8. The van der Waals surface area contributed by atoms with Crippen LogP contribution in [0.1, 0.15) is 51.9 Å². The second-order valence-corrected chi connectivity index (χ2v) is 5.45. The van der Waals surface area contributed by atoms with E-state index in [1.165, 1.54) is 44.1 Å². The van der Waals surface area contributed by atoms with Crippen molar-refractivity contribution in [2.24, 2.45) is 5.41 Å². The third-order valence-electron chi connectivity index (χ3n) is 4.56. The molecule has 0 bridgehead atoms. The van der Waals surface area contributed by atoms with Crippen LogP contribution < -0.4 is 0 Å². The molecule has 0 unspecified atom stereocenters. The summed E-state index contributed by atoms with van der Waals surface area (Å²) in [5.74, 6) is -0.504. The van der Waals surface area contributed by atoms with Crippen LogP contribution in [0.15, 0.2) is 11.6 Å². The molecular formula is C14H24O2. The lowest BCUT2D eigenvalue weighted by atomic mass is 9.73. The molecule has 16 heavy (non-hydrogen) atoms. The van der Waals surface area contributed by atoms with Crippen molar-refractivity contribution in [3.63, 3.8) is 0 Å². The predicted molar refractivity (Wildman–Crippen MR) is 65.3 cm³/mol. The minimum atomic E-state index is -0.504. The van der Waals surface area contributed by atoms with E-state index in [4.69, 9.17) is 9.47 Å². The number of hydrogen-bond acceptors (Lipinski definition) is 2. The molecule has 2 heteroatoms. The maximum Gasteiger partial charge on any atom is 0.187 e. The lowest BCUT2D eigenvalue weighted by Crippen LogP contribution is -2.35. The summed E-state index contributed by atoms with van der Waals surface area (Å²) in [5.41, 5.74) is 1.83. The molecule has 2 aliphatic rings. The average Bonchev–Trinajstić information content (AvgIpc) is 2.76. The van der Waals surface area contributed by atoms with Gasteiger partial charge in [0.25, 0.3) is 0 Å². The Hall–Kier alpha value is -0.340. The Morgan fingerprint density at radius 3 is 2.19 bits per heavy atom. The summed E-state index contributed by atoms with van der Waals surface area (Å²) in [6.45, 7) is 2.03. The van der Waals surface area contributed by atoms with Crippen molar-refractivity contribution in [1.29, 1.82) is 0 Å². The highest BCUT2D eigenvalue weighted by Gasteiger charge is 2.38. The number of methoxy groups -OCH3 is 2. The Labute approximate surface area is 99.0 Å². The van der Waals surface area contributed by atoms with Crippen molar-refractivity contribution in [1.82, 2.24) is 0 Å². The monoisotopic (exact) mass is 224 g/mol. The third-order valence-corrected chi connectivity index (χ3v) is 4.56. The van der Waals surface area contributed by atoms with Crippen molar-refractivity contribution in [2.45, 2.75) is 57.7 Å². The maximum atomic E-state index is 5.54. The quantitative estimate of drug-likeness (QED) is 0.538. The molecule has 0 radical (unpaired) electrons. The van der Waals surface area contributed by atoms with Crippen LogP contribution in [0.4, 0.5) is 0 Å². The molecule has 0 saturated heterocycles. The highest BCUT2D eigenvalue weighted by atomic mass is 16.7. The van der Waals surface area contributed by atoms with Crippen molar-refractivity contribution < 1.29 is 9.47 Å². The van der Waals surface area contributed by atoms with E-state index in [1.54, 1.807) is 14.2 Å². The lowest BCUT2D eigenvalue weighted by Gasteiger charge is -2.37. The number of allylic oxidation sites excluding steroid dienone is 1. The van der Waals surface area contributed by atoms with Gasteiger partial charge < -0.3 is 9.47 Å². The molecule has 0 N–H and O–H groups in total. The van der Waals surface area contributed by atoms with Gasteiger partial charge in [0.15, 0.2) is 5.79 Å². The topological polar surface area (TPSA) is 18.5 Å². The first-order chi connectivity index (χ1) is 7.64. The molecule has 1 spiro atoms. The largest absolute Gasteiger partial charge is 0.350 e. The first-order valence-electron chi connectivity index (χ1n) is 6.47. The summed E-state index contributed by atoms with van der Waals surface area (Å²) in [4.78, 5) is 0. The zero-order chi connectivity index (χ0) is 11.6. The summed E-state index contributed by atoms with van der Waals surface area (Å²) in [6.07, 6.45) is 11.8. The van der Waals surface area contributed by atoms with Gasteiger partial charge in [0, 0.05) is 14.2 Å². The molecule has 92 valence electrons. The second kappa shape index (κ2) is 4.50. The number of hydrogen-bond donors (Lipinski definition) is 0. The van der Waals surface area contributed by atoms with E-state index < -0.39 is 5.79 Å². The predicted octanol–water partition coefficient (Wildman–Crippen LogP) is 3.67. The Balaban J connectivity index is 2.23. The van der Waals surface area contributed by atoms with Gasteiger partial charge in [-0.1, -0.05) is 18.9 Å². The summed E-state index contributed by atoms with van der Waals surface area (Å²) in [5, 5.41) is 0. The second-order valence-electron chi connectivity index (χ2n) is 5.45. The fourth-order valence-corrected chi connectivity index (χ4v) is 3.32. The minimum absolute atomic E-state index is 0.478. The van der Waals surface area contributed by atoms with Gasteiger partial charge in [0.05, 0.1) is 0 Å². The highest BCUT2D eigenvalue weighted by molar-refractivity contribution is 5.21. The molecule has 2 rings (SSSR count). The van der Waals surface area contributed by atoms with E-state index in [2.05, 4.69) is 6.08 Å². The van der Waals surface area contributed by atoms with Crippen LogP contribution in [-0.4, -0.2) is 20.0 Å². The van der Waals surface area contributed by atoms with Gasteiger partial charge in [-0.25, -0.2) is 0 Å². The van der Waals surface area contributed by atoms with Crippen molar-refractivity contribution in [2.75, 3.05) is 14.2 Å². The standard InChI is InChI=1S/C14H24O2/c1-13(15-2,16-3)12-7-6-10-14(11-12)8-4-5-9-14/h11H,4-10H2,1-3H3. The Kier molecular flexibility index (Phi) is 3.41. The fraction of sp³-hybridized carbons (Fsp3) is 0.857. The molecule has 0 atom stereocenters. The fourth-order valence-electron chi connectivity index (χ4n) is 3.32. The van der Waals surface area contributed by atoms with Crippen LogP contribution in [-0.2, 0) is 9.47 Å². The summed E-state index contributed by atoms with van der Waals surface area (Å²) in [6, 6.07) is 0. The SMILES string of the molecule is COC(C)(OC)C1=CC2(CCCC2)CCC1. The van der Waals surface area contributed by atoms with Gasteiger partial charge in [0.1, 0.15) is 0 Å². The first kappa shape index (κ1) is 12.1. The molecule has 0 aromatic carbocycles. The highest BCUT2D eigenvalue weighted by Crippen LogP contribution is 2.49. The molecule has 0 amide bonds. The van der Waals surface area contributed by atoms with E-state index >= 15 is 0 Å².